The number of pyridine rings is 1. The highest BCUT2D eigenvalue weighted by atomic mass is 16.5. The fraction of sp³-hybridized carbons (Fsp3) is 0.500. The third-order valence-corrected chi connectivity index (χ3v) is 4.39. The van der Waals surface area contributed by atoms with Crippen molar-refractivity contribution in [2.45, 2.75) is 32.0 Å². The van der Waals surface area contributed by atoms with Gasteiger partial charge in [0.05, 0.1) is 6.10 Å². The maximum atomic E-state index is 12.4. The molecule has 4 rings (SSSR count). The molecule has 0 unspecified atom stereocenters. The summed E-state index contributed by atoms with van der Waals surface area (Å²) in [5.74, 6) is 1.75. The van der Waals surface area contributed by atoms with Crippen molar-refractivity contribution in [3.8, 4) is 0 Å². The predicted octanol–water partition coefficient (Wildman–Crippen LogP) is 1.30. The van der Waals surface area contributed by atoms with Crippen LogP contribution in [0, 0.1) is 12.8 Å². The van der Waals surface area contributed by atoms with Crippen LogP contribution in [0.25, 0.3) is 0 Å². The zero-order valence-electron chi connectivity index (χ0n) is 12.9. The van der Waals surface area contributed by atoms with Crippen LogP contribution in [0.1, 0.15) is 29.6 Å². The number of hydrogen-bond acceptors (Lipinski definition) is 6. The highest BCUT2D eigenvalue weighted by Gasteiger charge is 2.48. The van der Waals surface area contributed by atoms with Crippen molar-refractivity contribution in [1.29, 1.82) is 0 Å². The fourth-order valence-electron chi connectivity index (χ4n) is 2.98. The second-order valence-corrected chi connectivity index (χ2v) is 6.15. The molecular weight excluding hydrogens is 296 g/mol. The fourth-order valence-corrected chi connectivity index (χ4v) is 2.98. The zero-order chi connectivity index (χ0) is 15.8. The number of aromatic nitrogens is 3. The molecule has 2 fully saturated rings. The zero-order valence-corrected chi connectivity index (χ0v) is 12.9. The first-order valence-electron chi connectivity index (χ1n) is 7.80. The molecule has 0 bridgehead atoms. The Labute approximate surface area is 133 Å². The number of ether oxygens (including phenoxy) is 1. The van der Waals surface area contributed by atoms with Gasteiger partial charge in [-0.05, 0) is 30.9 Å². The van der Waals surface area contributed by atoms with Crippen LogP contribution in [0.3, 0.4) is 0 Å². The van der Waals surface area contributed by atoms with Gasteiger partial charge in [0.1, 0.15) is 6.61 Å². The van der Waals surface area contributed by atoms with Gasteiger partial charge < -0.3 is 14.2 Å². The minimum atomic E-state index is 0.0572. The molecule has 1 saturated carbocycles. The number of carbonyl (C=O) groups excluding carboxylic acids is 1. The van der Waals surface area contributed by atoms with Crippen LogP contribution in [0.2, 0.25) is 0 Å². The molecule has 1 aliphatic heterocycles. The van der Waals surface area contributed by atoms with Crippen molar-refractivity contribution in [1.82, 2.24) is 20.0 Å². The summed E-state index contributed by atoms with van der Waals surface area (Å²) in [5, 5.41) is 3.71. The van der Waals surface area contributed by atoms with Gasteiger partial charge >= 0.3 is 0 Å². The number of aryl methyl sites for hydroxylation is 1. The molecule has 7 nitrogen and oxygen atoms in total. The molecule has 1 saturated heterocycles. The van der Waals surface area contributed by atoms with E-state index in [1.807, 2.05) is 23.2 Å². The molecule has 0 spiro atoms. The van der Waals surface area contributed by atoms with E-state index in [4.69, 9.17) is 9.26 Å². The maximum absolute atomic E-state index is 12.4. The highest BCUT2D eigenvalue weighted by Crippen LogP contribution is 2.48. The summed E-state index contributed by atoms with van der Waals surface area (Å²) < 4.78 is 10.7. The molecule has 1 amide bonds. The summed E-state index contributed by atoms with van der Waals surface area (Å²) in [6.45, 7) is 3.35. The Morgan fingerprint density at radius 1 is 1.48 bits per heavy atom. The van der Waals surface area contributed by atoms with Crippen LogP contribution in [0.4, 0.5) is 0 Å². The molecule has 23 heavy (non-hydrogen) atoms. The van der Waals surface area contributed by atoms with E-state index in [2.05, 4.69) is 15.1 Å². The first kappa shape index (κ1) is 14.3. The van der Waals surface area contributed by atoms with E-state index in [-0.39, 0.29) is 17.9 Å². The first-order chi connectivity index (χ1) is 11.2. The number of likely N-dealkylation sites (tertiary alicyclic amines) is 1. The summed E-state index contributed by atoms with van der Waals surface area (Å²) in [6.07, 6.45) is 4.59. The maximum Gasteiger partial charge on any atom is 0.252 e. The summed E-state index contributed by atoms with van der Waals surface area (Å²) in [5.41, 5.74) is 1.16. The average Bonchev–Trinajstić information content (AvgIpc) is 3.22. The van der Waals surface area contributed by atoms with E-state index < -0.39 is 0 Å². The van der Waals surface area contributed by atoms with Gasteiger partial charge in [-0.1, -0.05) is 11.2 Å². The lowest BCUT2D eigenvalue weighted by Gasteiger charge is -2.38. The second-order valence-electron chi connectivity index (χ2n) is 6.15. The van der Waals surface area contributed by atoms with Gasteiger partial charge in [0, 0.05) is 31.4 Å². The van der Waals surface area contributed by atoms with Crippen molar-refractivity contribution in [3.63, 3.8) is 0 Å². The second kappa shape index (κ2) is 5.73. The van der Waals surface area contributed by atoms with E-state index in [0.29, 0.717) is 37.3 Å². The van der Waals surface area contributed by atoms with E-state index in [9.17, 15) is 4.79 Å². The van der Waals surface area contributed by atoms with Gasteiger partial charge in [0.25, 0.3) is 5.89 Å². The number of hydrogen-bond donors (Lipinski definition) is 0. The van der Waals surface area contributed by atoms with Crippen molar-refractivity contribution in [2.24, 2.45) is 5.92 Å². The molecular formula is C16H18N4O3. The highest BCUT2D eigenvalue weighted by molar-refractivity contribution is 5.83. The van der Waals surface area contributed by atoms with Crippen LogP contribution in [-0.2, 0) is 16.1 Å². The number of nitrogens with zero attached hydrogens (tertiary/aromatic N) is 4. The van der Waals surface area contributed by atoms with Crippen molar-refractivity contribution in [3.05, 3.63) is 41.8 Å². The largest absolute Gasteiger partial charge is 0.365 e. The van der Waals surface area contributed by atoms with Crippen LogP contribution in [0.15, 0.2) is 29.0 Å². The molecule has 7 heteroatoms. The molecule has 2 aromatic rings. The first-order valence-corrected chi connectivity index (χ1v) is 7.80. The summed E-state index contributed by atoms with van der Waals surface area (Å²) >= 11 is 0. The predicted molar refractivity (Wildman–Crippen MR) is 79.3 cm³/mol. The van der Waals surface area contributed by atoms with Crippen molar-refractivity contribution < 1.29 is 14.1 Å². The van der Waals surface area contributed by atoms with Crippen LogP contribution in [-0.4, -0.2) is 45.1 Å². The summed E-state index contributed by atoms with van der Waals surface area (Å²) in [7, 11) is 0. The van der Waals surface area contributed by atoms with Gasteiger partial charge in [0.2, 0.25) is 5.91 Å². The van der Waals surface area contributed by atoms with E-state index in [1.54, 1.807) is 13.1 Å². The van der Waals surface area contributed by atoms with Crippen LogP contribution < -0.4 is 0 Å². The lowest BCUT2D eigenvalue weighted by atomic mass is 10.1. The van der Waals surface area contributed by atoms with Crippen LogP contribution in [0.5, 0.6) is 0 Å². The molecule has 1 aliphatic carbocycles. The van der Waals surface area contributed by atoms with Gasteiger partial charge in [-0.15, -0.1) is 0 Å². The van der Waals surface area contributed by atoms with Crippen molar-refractivity contribution in [2.75, 3.05) is 13.1 Å². The number of carbonyl (C=O) groups is 1. The number of amides is 1. The lowest BCUT2D eigenvalue weighted by Crippen LogP contribution is -2.55. The Balaban J connectivity index is 1.22. The van der Waals surface area contributed by atoms with Gasteiger partial charge in [-0.3, -0.25) is 9.78 Å². The molecule has 120 valence electrons. The number of rotatable bonds is 5. The van der Waals surface area contributed by atoms with Gasteiger partial charge in [-0.25, -0.2) is 0 Å². The molecule has 0 aromatic carbocycles. The van der Waals surface area contributed by atoms with Crippen LogP contribution >= 0.6 is 0 Å². The molecule has 2 aliphatic rings. The average molecular weight is 314 g/mol. The van der Waals surface area contributed by atoms with Crippen molar-refractivity contribution >= 4 is 5.91 Å². The monoisotopic (exact) mass is 314 g/mol. The molecule has 2 aromatic heterocycles. The third kappa shape index (κ3) is 2.96. The Morgan fingerprint density at radius 2 is 2.35 bits per heavy atom. The van der Waals surface area contributed by atoms with Gasteiger partial charge in [0.15, 0.2) is 5.82 Å². The van der Waals surface area contributed by atoms with Gasteiger partial charge in [-0.2, -0.15) is 4.98 Å². The smallest absolute Gasteiger partial charge is 0.252 e. The molecule has 0 radical (unpaired) electrons. The Hall–Kier alpha value is -2.28. The molecule has 2 atom stereocenters. The SMILES string of the molecule is Cc1noc(COC2CN(C(=O)[C@@H]3C[C@H]3c3cccnc3)C2)n1. The van der Waals surface area contributed by atoms with E-state index in [0.717, 1.165) is 12.0 Å². The molecule has 0 N–H and O–H groups in total. The summed E-state index contributed by atoms with van der Waals surface area (Å²) in [4.78, 5) is 22.5. The third-order valence-electron chi connectivity index (χ3n) is 4.39. The minimum Gasteiger partial charge on any atom is -0.365 e. The summed E-state index contributed by atoms with van der Waals surface area (Å²) in [6, 6.07) is 3.96. The van der Waals surface area contributed by atoms with E-state index >= 15 is 0 Å². The Kier molecular flexibility index (Phi) is 3.57. The van der Waals surface area contributed by atoms with E-state index in [1.165, 1.54) is 0 Å². The minimum absolute atomic E-state index is 0.0572. The quantitative estimate of drug-likeness (QED) is 0.827. The standard InChI is InChI=1S/C16H18N4O3/c1-10-18-15(23-19-10)9-22-12-7-20(8-12)16(21)14-5-13(14)11-3-2-4-17-6-11/h2-4,6,12-14H,5,7-9H2,1H3/t13-,14+/m0/s1. The Morgan fingerprint density at radius 3 is 3.04 bits per heavy atom. The normalized spacial score (nSPS) is 23.6. The lowest BCUT2D eigenvalue weighted by molar-refractivity contribution is -0.148. The Bertz CT molecular complexity index is 696. The molecule has 3 heterocycles. The topological polar surface area (TPSA) is 81.4 Å².